The summed E-state index contributed by atoms with van der Waals surface area (Å²) in [6.07, 6.45) is 2.04. The summed E-state index contributed by atoms with van der Waals surface area (Å²) in [6.45, 7) is 0. The Balaban J connectivity index is 1.94. The molecule has 18 heavy (non-hydrogen) atoms. The predicted octanol–water partition coefficient (Wildman–Crippen LogP) is 3.30. The number of phenolic OH excluding ortho intramolecular Hbond substituents is 1. The highest BCUT2D eigenvalue weighted by Crippen LogP contribution is 2.32. The van der Waals surface area contributed by atoms with E-state index in [-0.39, 0.29) is 11.8 Å². The molecule has 3 N–H and O–H groups in total. The average molecular weight is 279 g/mol. The molecule has 1 aromatic carbocycles. The molecule has 1 aliphatic heterocycles. The Kier molecular flexibility index (Phi) is 2.99. The first kappa shape index (κ1) is 11.6. The number of halogens is 1. The minimum Gasteiger partial charge on any atom is -0.507 e. The van der Waals surface area contributed by atoms with E-state index in [1.54, 1.807) is 29.5 Å². The highest BCUT2D eigenvalue weighted by molar-refractivity contribution is 7.10. The van der Waals surface area contributed by atoms with E-state index in [4.69, 9.17) is 11.6 Å². The lowest BCUT2D eigenvalue weighted by atomic mass is 10.1. The number of thiophene rings is 1. The summed E-state index contributed by atoms with van der Waals surface area (Å²) >= 11 is 7.64. The second-order valence-electron chi connectivity index (χ2n) is 4.00. The van der Waals surface area contributed by atoms with E-state index in [1.165, 1.54) is 4.88 Å². The maximum Gasteiger partial charge on any atom is 0.125 e. The number of phenols is 1. The van der Waals surface area contributed by atoms with Gasteiger partial charge in [0.2, 0.25) is 0 Å². The summed E-state index contributed by atoms with van der Waals surface area (Å²) in [5.41, 5.74) is 7.79. The Labute approximate surface area is 114 Å². The van der Waals surface area contributed by atoms with Gasteiger partial charge in [-0.2, -0.15) is 0 Å². The van der Waals surface area contributed by atoms with Gasteiger partial charge in [0.05, 0.1) is 11.7 Å². The van der Waals surface area contributed by atoms with Crippen molar-refractivity contribution in [1.29, 1.82) is 0 Å². The van der Waals surface area contributed by atoms with E-state index < -0.39 is 0 Å². The van der Waals surface area contributed by atoms with Crippen LogP contribution in [0.3, 0.4) is 0 Å². The van der Waals surface area contributed by atoms with Gasteiger partial charge in [-0.05, 0) is 35.7 Å². The van der Waals surface area contributed by atoms with Gasteiger partial charge in [0.25, 0.3) is 0 Å². The fourth-order valence-electron chi connectivity index (χ4n) is 1.91. The third-order valence-corrected chi connectivity index (χ3v) is 3.98. The van der Waals surface area contributed by atoms with Gasteiger partial charge in [-0.3, -0.25) is 0 Å². The molecule has 0 aliphatic carbocycles. The molecule has 5 heteroatoms. The summed E-state index contributed by atoms with van der Waals surface area (Å²) in [5.74, 6) is 0.215. The van der Waals surface area contributed by atoms with Gasteiger partial charge in [0.1, 0.15) is 5.75 Å². The lowest BCUT2D eigenvalue weighted by Crippen LogP contribution is -2.25. The lowest BCUT2D eigenvalue weighted by molar-refractivity contribution is 0.473. The minimum absolute atomic E-state index is 0.124. The smallest absolute Gasteiger partial charge is 0.125 e. The van der Waals surface area contributed by atoms with E-state index in [2.05, 4.69) is 16.9 Å². The maximum atomic E-state index is 9.85. The van der Waals surface area contributed by atoms with Gasteiger partial charge in [0, 0.05) is 15.5 Å². The molecular weight excluding hydrogens is 268 g/mol. The molecule has 3 rings (SSSR count). The van der Waals surface area contributed by atoms with Crippen molar-refractivity contribution < 1.29 is 5.11 Å². The summed E-state index contributed by atoms with van der Waals surface area (Å²) in [6, 6.07) is 9.22. The molecule has 0 saturated carbocycles. The van der Waals surface area contributed by atoms with Crippen LogP contribution in [0.5, 0.6) is 5.75 Å². The highest BCUT2D eigenvalue weighted by Gasteiger charge is 2.19. The van der Waals surface area contributed by atoms with Crippen molar-refractivity contribution in [2.45, 2.75) is 6.04 Å². The van der Waals surface area contributed by atoms with Crippen molar-refractivity contribution in [2.75, 3.05) is 0 Å². The molecule has 1 atom stereocenters. The molecule has 2 aromatic rings. The van der Waals surface area contributed by atoms with E-state index in [1.807, 2.05) is 17.5 Å². The van der Waals surface area contributed by atoms with Crippen molar-refractivity contribution in [1.82, 2.24) is 10.9 Å². The van der Waals surface area contributed by atoms with Gasteiger partial charge in [-0.25, -0.2) is 5.43 Å². The quantitative estimate of drug-likeness (QED) is 0.790. The van der Waals surface area contributed by atoms with Crippen LogP contribution in [0.15, 0.2) is 41.8 Å². The van der Waals surface area contributed by atoms with E-state index >= 15 is 0 Å². The van der Waals surface area contributed by atoms with Crippen LogP contribution in [0.4, 0.5) is 0 Å². The number of aromatic hydroxyl groups is 1. The lowest BCUT2D eigenvalue weighted by Gasteiger charge is -2.07. The van der Waals surface area contributed by atoms with Gasteiger partial charge in [-0.1, -0.05) is 17.7 Å². The normalized spacial score (nSPS) is 18.5. The summed E-state index contributed by atoms with van der Waals surface area (Å²) in [4.78, 5) is 1.22. The Bertz CT molecular complexity index is 595. The zero-order chi connectivity index (χ0) is 12.5. The Hall–Kier alpha value is -1.49. The predicted molar refractivity (Wildman–Crippen MR) is 74.4 cm³/mol. The molecule has 0 spiro atoms. The third kappa shape index (κ3) is 2.10. The molecule has 3 nitrogen and oxygen atoms in total. The molecule has 0 bridgehead atoms. The largest absolute Gasteiger partial charge is 0.507 e. The second kappa shape index (κ2) is 4.65. The SMILES string of the molecule is Oc1ccc(Cl)cc1C1=CC(c2cccs2)NN1. The molecule has 1 aromatic heterocycles. The van der Waals surface area contributed by atoms with Gasteiger partial charge in [-0.15, -0.1) is 11.3 Å². The van der Waals surface area contributed by atoms with Crippen LogP contribution in [0.1, 0.15) is 16.5 Å². The van der Waals surface area contributed by atoms with E-state index in [9.17, 15) is 5.11 Å². The van der Waals surface area contributed by atoms with Gasteiger partial charge < -0.3 is 10.5 Å². The number of rotatable bonds is 2. The molecule has 92 valence electrons. The fraction of sp³-hybridized carbons (Fsp3) is 0.0769. The van der Waals surface area contributed by atoms with Crippen LogP contribution in [-0.2, 0) is 0 Å². The molecule has 0 fully saturated rings. The number of benzene rings is 1. The number of hydrazine groups is 1. The molecule has 2 heterocycles. The number of hydrogen-bond donors (Lipinski definition) is 3. The van der Waals surface area contributed by atoms with Crippen LogP contribution in [0.2, 0.25) is 5.02 Å². The van der Waals surface area contributed by atoms with Crippen molar-refractivity contribution in [3.8, 4) is 5.75 Å². The Morgan fingerprint density at radius 3 is 2.94 bits per heavy atom. The third-order valence-electron chi connectivity index (χ3n) is 2.79. The summed E-state index contributed by atoms with van der Waals surface area (Å²) < 4.78 is 0. The fourth-order valence-corrected chi connectivity index (χ4v) is 2.83. The average Bonchev–Trinajstić information content (AvgIpc) is 3.00. The van der Waals surface area contributed by atoms with Crippen LogP contribution in [0.25, 0.3) is 5.70 Å². The van der Waals surface area contributed by atoms with Crippen molar-refractivity contribution in [2.24, 2.45) is 0 Å². The van der Waals surface area contributed by atoms with Crippen LogP contribution < -0.4 is 10.9 Å². The molecule has 0 amide bonds. The van der Waals surface area contributed by atoms with E-state index in [0.717, 1.165) is 5.70 Å². The molecular formula is C13H11ClN2OS. The second-order valence-corrected chi connectivity index (χ2v) is 5.42. The summed E-state index contributed by atoms with van der Waals surface area (Å²) in [5, 5.41) is 12.5. The zero-order valence-electron chi connectivity index (χ0n) is 9.35. The van der Waals surface area contributed by atoms with Crippen LogP contribution in [0, 0.1) is 0 Å². The Morgan fingerprint density at radius 1 is 1.28 bits per heavy atom. The first-order valence-corrected chi connectivity index (χ1v) is 6.75. The highest BCUT2D eigenvalue weighted by atomic mass is 35.5. The van der Waals surface area contributed by atoms with Crippen LogP contribution >= 0.6 is 22.9 Å². The zero-order valence-corrected chi connectivity index (χ0v) is 10.9. The number of hydrogen-bond acceptors (Lipinski definition) is 4. The minimum atomic E-state index is 0.124. The Morgan fingerprint density at radius 2 is 2.17 bits per heavy atom. The first-order chi connectivity index (χ1) is 8.74. The maximum absolute atomic E-state index is 9.85. The summed E-state index contributed by atoms with van der Waals surface area (Å²) in [7, 11) is 0. The van der Waals surface area contributed by atoms with Crippen molar-refractivity contribution in [3.63, 3.8) is 0 Å². The molecule has 1 unspecified atom stereocenters. The van der Waals surface area contributed by atoms with E-state index in [0.29, 0.717) is 10.6 Å². The standard InChI is InChI=1S/C13H11ClN2OS/c14-8-3-4-12(17)9(6-8)10-7-11(16-15-10)13-2-1-5-18-13/h1-7,11,15-17H. The molecule has 0 radical (unpaired) electrons. The van der Waals surface area contributed by atoms with Crippen LogP contribution in [-0.4, -0.2) is 5.11 Å². The van der Waals surface area contributed by atoms with Gasteiger partial charge >= 0.3 is 0 Å². The molecule has 1 aliphatic rings. The number of nitrogens with one attached hydrogen (secondary N) is 2. The topological polar surface area (TPSA) is 44.3 Å². The molecule has 0 saturated heterocycles. The monoisotopic (exact) mass is 278 g/mol. The van der Waals surface area contributed by atoms with Crippen molar-refractivity contribution >= 4 is 28.6 Å². The first-order valence-electron chi connectivity index (χ1n) is 5.50. The van der Waals surface area contributed by atoms with Crippen molar-refractivity contribution in [3.05, 3.63) is 57.3 Å². The van der Waals surface area contributed by atoms with Gasteiger partial charge in [0.15, 0.2) is 0 Å².